The van der Waals surface area contributed by atoms with Gasteiger partial charge < -0.3 is 10.4 Å². The van der Waals surface area contributed by atoms with Crippen molar-refractivity contribution in [3.63, 3.8) is 0 Å². The van der Waals surface area contributed by atoms with Crippen LogP contribution in [-0.2, 0) is 14.3 Å². The molecule has 1 unspecified atom stereocenters. The molecule has 5 aromatic rings. The lowest BCUT2D eigenvalue weighted by molar-refractivity contribution is -0.138. The molecule has 0 bridgehead atoms. The summed E-state index contributed by atoms with van der Waals surface area (Å²) in [4.78, 5) is 23.4. The lowest BCUT2D eigenvalue weighted by Crippen LogP contribution is -2.27. The third-order valence-corrected chi connectivity index (χ3v) is 9.55. The first-order valence-corrected chi connectivity index (χ1v) is 15.1. The number of hydrogen-bond donors (Lipinski definition) is 2. The zero-order chi connectivity index (χ0) is 28.9. The Labute approximate surface area is 250 Å². The summed E-state index contributed by atoms with van der Waals surface area (Å²) >= 11 is 1.93. The van der Waals surface area contributed by atoms with Gasteiger partial charge in [0.25, 0.3) is 0 Å². The number of carboxylic acid groups (broad SMARTS) is 1. The van der Waals surface area contributed by atoms with Crippen LogP contribution in [0.4, 0.5) is 5.69 Å². The van der Waals surface area contributed by atoms with E-state index in [2.05, 4.69) is 133 Å². The molecule has 0 saturated carbocycles. The van der Waals surface area contributed by atoms with Crippen LogP contribution in [0.2, 0.25) is 0 Å². The molecular weight excluding hydrogens is 538 g/mol. The van der Waals surface area contributed by atoms with Crippen LogP contribution in [0.15, 0.2) is 133 Å². The Kier molecular flexibility index (Phi) is 7.93. The average molecular weight is 570 g/mol. The fourth-order valence-corrected chi connectivity index (χ4v) is 7.67. The van der Waals surface area contributed by atoms with Crippen molar-refractivity contribution in [3.05, 3.63) is 161 Å². The van der Waals surface area contributed by atoms with Crippen molar-refractivity contribution in [3.8, 4) is 11.1 Å². The zero-order valence-corrected chi connectivity index (χ0v) is 23.9. The molecular formula is C37H31NO3S. The number of aliphatic carboxylic acids is 1. The smallest absolute Gasteiger partial charge is 0.303 e. The second-order valence-electron chi connectivity index (χ2n) is 10.5. The molecule has 1 aliphatic rings. The zero-order valence-electron chi connectivity index (χ0n) is 23.1. The summed E-state index contributed by atoms with van der Waals surface area (Å²) in [6.45, 7) is 0. The molecule has 5 aromatic carbocycles. The maximum atomic E-state index is 12.5. The average Bonchev–Trinajstić information content (AvgIpc) is 3.35. The number of amides is 1. The Balaban J connectivity index is 1.41. The number of carbonyl (C=O) groups excluding carboxylic acids is 1. The third kappa shape index (κ3) is 5.36. The molecule has 1 atom stereocenters. The molecule has 0 spiro atoms. The minimum atomic E-state index is -0.981. The van der Waals surface area contributed by atoms with Crippen LogP contribution in [0.5, 0.6) is 0 Å². The highest BCUT2D eigenvalue weighted by molar-refractivity contribution is 8.00. The highest BCUT2D eigenvalue weighted by atomic mass is 32.2. The van der Waals surface area contributed by atoms with E-state index in [0.717, 1.165) is 5.75 Å². The minimum absolute atomic E-state index is 0.0559. The molecule has 6 rings (SSSR count). The molecule has 0 fully saturated rings. The van der Waals surface area contributed by atoms with E-state index in [4.69, 9.17) is 5.11 Å². The van der Waals surface area contributed by atoms with Gasteiger partial charge in [-0.1, -0.05) is 121 Å². The van der Waals surface area contributed by atoms with Crippen molar-refractivity contribution >= 4 is 29.3 Å². The molecule has 208 valence electrons. The third-order valence-electron chi connectivity index (χ3n) is 7.91. The van der Waals surface area contributed by atoms with Gasteiger partial charge in [-0.2, -0.15) is 0 Å². The Bertz CT molecular complexity index is 1610. The normalized spacial score (nSPS) is 13.7. The number of carboxylic acids is 1. The summed E-state index contributed by atoms with van der Waals surface area (Å²) in [7, 11) is 0. The van der Waals surface area contributed by atoms with Gasteiger partial charge in [0.1, 0.15) is 0 Å². The summed E-state index contributed by atoms with van der Waals surface area (Å²) in [5.74, 6) is -0.368. The Hall–Kier alpha value is -4.61. The molecule has 2 N–H and O–H groups in total. The van der Waals surface area contributed by atoms with Crippen LogP contribution < -0.4 is 5.32 Å². The lowest BCUT2D eigenvalue weighted by Gasteiger charge is -2.36. The SMILES string of the molecule is O=C(O)CCC(=O)Nc1ccc2c(c1)C(CSC(c1ccccc1)(c1ccccc1)c1ccccc1)c1ccccc1-2. The quantitative estimate of drug-likeness (QED) is 0.166. The van der Waals surface area contributed by atoms with Gasteiger partial charge in [0.15, 0.2) is 0 Å². The molecule has 0 saturated heterocycles. The van der Waals surface area contributed by atoms with Gasteiger partial charge in [-0.15, -0.1) is 11.8 Å². The summed E-state index contributed by atoms with van der Waals surface area (Å²) in [6, 6.07) is 46.7. The van der Waals surface area contributed by atoms with Crippen molar-refractivity contribution < 1.29 is 14.7 Å². The molecule has 0 aromatic heterocycles. The number of benzene rings is 5. The maximum absolute atomic E-state index is 12.5. The molecule has 5 heteroatoms. The number of anilines is 1. The maximum Gasteiger partial charge on any atom is 0.303 e. The van der Waals surface area contributed by atoms with Crippen LogP contribution in [0, 0.1) is 0 Å². The first-order chi connectivity index (χ1) is 20.6. The van der Waals surface area contributed by atoms with Gasteiger partial charge in [0.05, 0.1) is 11.2 Å². The van der Waals surface area contributed by atoms with Gasteiger partial charge in [0, 0.05) is 23.8 Å². The van der Waals surface area contributed by atoms with E-state index >= 15 is 0 Å². The van der Waals surface area contributed by atoms with Crippen LogP contribution in [0.3, 0.4) is 0 Å². The standard InChI is InChI=1S/C37H31NO3S/c39-35(22-23-36(40)41)38-29-20-21-32-30-18-10-11-19-31(30)34(33(32)24-29)25-42-37(26-12-4-1-5-13-26,27-14-6-2-7-15-27)28-16-8-3-9-17-28/h1-21,24,34H,22-23,25H2,(H,38,39)(H,40,41). The van der Waals surface area contributed by atoms with E-state index in [1.54, 1.807) is 0 Å². The topological polar surface area (TPSA) is 66.4 Å². The second kappa shape index (κ2) is 12.1. The largest absolute Gasteiger partial charge is 0.481 e. The minimum Gasteiger partial charge on any atom is -0.481 e. The van der Waals surface area contributed by atoms with Crippen LogP contribution in [0.25, 0.3) is 11.1 Å². The van der Waals surface area contributed by atoms with E-state index in [0.29, 0.717) is 5.69 Å². The molecule has 1 aliphatic carbocycles. The molecule has 0 heterocycles. The monoisotopic (exact) mass is 569 g/mol. The summed E-state index contributed by atoms with van der Waals surface area (Å²) in [5.41, 5.74) is 9.18. The van der Waals surface area contributed by atoms with Crippen LogP contribution in [0.1, 0.15) is 46.6 Å². The van der Waals surface area contributed by atoms with Crippen molar-refractivity contribution in [1.82, 2.24) is 0 Å². The van der Waals surface area contributed by atoms with Crippen molar-refractivity contribution in [2.75, 3.05) is 11.1 Å². The molecule has 42 heavy (non-hydrogen) atoms. The van der Waals surface area contributed by atoms with E-state index in [-0.39, 0.29) is 24.7 Å². The number of rotatable bonds is 10. The van der Waals surface area contributed by atoms with Gasteiger partial charge in [0.2, 0.25) is 5.91 Å². The van der Waals surface area contributed by atoms with Crippen molar-refractivity contribution in [2.24, 2.45) is 0 Å². The summed E-state index contributed by atoms with van der Waals surface area (Å²) in [5, 5.41) is 11.9. The van der Waals surface area contributed by atoms with Crippen molar-refractivity contribution in [2.45, 2.75) is 23.5 Å². The predicted molar refractivity (Wildman–Crippen MR) is 171 cm³/mol. The Morgan fingerprint density at radius 2 is 1.17 bits per heavy atom. The molecule has 0 radical (unpaired) electrons. The number of thioether (sulfide) groups is 1. The first kappa shape index (κ1) is 27.6. The van der Waals surface area contributed by atoms with E-state index < -0.39 is 10.7 Å². The van der Waals surface area contributed by atoms with Crippen LogP contribution in [-0.4, -0.2) is 22.7 Å². The Morgan fingerprint density at radius 1 is 0.643 bits per heavy atom. The number of hydrogen-bond acceptors (Lipinski definition) is 3. The van der Waals surface area contributed by atoms with Crippen molar-refractivity contribution in [1.29, 1.82) is 0 Å². The highest BCUT2D eigenvalue weighted by Crippen LogP contribution is 2.53. The Morgan fingerprint density at radius 3 is 1.74 bits per heavy atom. The highest BCUT2D eigenvalue weighted by Gasteiger charge is 2.39. The fraction of sp³-hybridized carbons (Fsp3) is 0.135. The van der Waals surface area contributed by atoms with Gasteiger partial charge >= 0.3 is 5.97 Å². The van der Waals surface area contributed by atoms with Gasteiger partial charge in [-0.25, -0.2) is 0 Å². The molecule has 4 nitrogen and oxygen atoms in total. The molecule has 1 amide bonds. The summed E-state index contributed by atoms with van der Waals surface area (Å²) < 4.78 is -0.440. The fourth-order valence-electron chi connectivity index (χ4n) is 5.99. The second-order valence-corrected chi connectivity index (χ2v) is 11.7. The van der Waals surface area contributed by atoms with Gasteiger partial charge in [-0.3, -0.25) is 9.59 Å². The first-order valence-electron chi connectivity index (χ1n) is 14.1. The number of nitrogens with one attached hydrogen (secondary N) is 1. The summed E-state index contributed by atoms with van der Waals surface area (Å²) in [6.07, 6.45) is -0.248. The molecule has 0 aliphatic heterocycles. The lowest BCUT2D eigenvalue weighted by atomic mass is 9.84. The van der Waals surface area contributed by atoms with Crippen LogP contribution >= 0.6 is 11.8 Å². The van der Waals surface area contributed by atoms with Gasteiger partial charge in [-0.05, 0) is 51.1 Å². The number of fused-ring (bicyclic) bond motifs is 3. The van der Waals surface area contributed by atoms with E-state index in [1.165, 1.54) is 38.9 Å². The number of carbonyl (C=O) groups is 2. The van der Waals surface area contributed by atoms with E-state index in [9.17, 15) is 9.59 Å². The predicted octanol–water partition coefficient (Wildman–Crippen LogP) is 8.33. The van der Waals surface area contributed by atoms with E-state index in [1.807, 2.05) is 17.8 Å².